The van der Waals surface area contributed by atoms with Crippen molar-refractivity contribution in [3.8, 4) is 0 Å². The summed E-state index contributed by atoms with van der Waals surface area (Å²) >= 11 is 0. The van der Waals surface area contributed by atoms with Crippen molar-refractivity contribution in [2.75, 3.05) is 31.6 Å². The van der Waals surface area contributed by atoms with Crippen LogP contribution in [0.25, 0.3) is 0 Å². The lowest BCUT2D eigenvalue weighted by atomic mass is 9.78. The number of piperidine rings is 1. The number of nitrogens with one attached hydrogen (secondary N) is 2. The molecular formula is C24H39IN4O2. The molecule has 31 heavy (non-hydrogen) atoms. The average Bonchev–Trinajstić information content (AvgIpc) is 2.74. The fourth-order valence-corrected chi connectivity index (χ4v) is 4.52. The Morgan fingerprint density at radius 3 is 2.55 bits per heavy atom. The molecule has 0 spiro atoms. The van der Waals surface area contributed by atoms with Gasteiger partial charge in [-0.2, -0.15) is 0 Å². The fraction of sp³-hybridized carbons (Fsp3) is 0.667. The summed E-state index contributed by atoms with van der Waals surface area (Å²) < 4.78 is 6.09. The summed E-state index contributed by atoms with van der Waals surface area (Å²) in [5.74, 6) is 1.53. The maximum Gasteiger partial charge on any atom is 0.226 e. The number of aliphatic imine (C=N–C) groups is 1. The van der Waals surface area contributed by atoms with E-state index in [-0.39, 0.29) is 41.4 Å². The van der Waals surface area contributed by atoms with Crippen LogP contribution >= 0.6 is 24.0 Å². The van der Waals surface area contributed by atoms with Crippen molar-refractivity contribution in [2.45, 2.75) is 65.5 Å². The molecule has 2 aliphatic heterocycles. The van der Waals surface area contributed by atoms with Gasteiger partial charge >= 0.3 is 0 Å². The van der Waals surface area contributed by atoms with E-state index >= 15 is 0 Å². The molecule has 6 nitrogen and oxygen atoms in total. The molecule has 1 aromatic carbocycles. The number of carbonyl (C=O) groups is 1. The van der Waals surface area contributed by atoms with Gasteiger partial charge in [-0.15, -0.1) is 24.0 Å². The van der Waals surface area contributed by atoms with Crippen LogP contribution in [0.4, 0.5) is 5.69 Å². The number of carbonyl (C=O) groups excluding carboxylic acids is 1. The first kappa shape index (κ1) is 25.9. The van der Waals surface area contributed by atoms with Gasteiger partial charge in [-0.3, -0.25) is 9.79 Å². The summed E-state index contributed by atoms with van der Waals surface area (Å²) in [6.07, 6.45) is 5.32. The summed E-state index contributed by atoms with van der Waals surface area (Å²) in [5, 5.41) is 6.89. The van der Waals surface area contributed by atoms with E-state index in [2.05, 4.69) is 48.5 Å². The summed E-state index contributed by atoms with van der Waals surface area (Å²) in [6.45, 7) is 10.0. The number of hydrogen-bond donors (Lipinski definition) is 2. The van der Waals surface area contributed by atoms with Crippen molar-refractivity contribution < 1.29 is 9.53 Å². The molecule has 2 atom stereocenters. The monoisotopic (exact) mass is 542 g/mol. The molecule has 2 fully saturated rings. The van der Waals surface area contributed by atoms with E-state index in [0.717, 1.165) is 50.6 Å². The maximum atomic E-state index is 12.1. The van der Waals surface area contributed by atoms with Gasteiger partial charge in [0, 0.05) is 51.3 Å². The van der Waals surface area contributed by atoms with Crippen molar-refractivity contribution in [3.05, 3.63) is 29.8 Å². The molecule has 0 aliphatic carbocycles. The third-order valence-corrected chi connectivity index (χ3v) is 6.09. The van der Waals surface area contributed by atoms with Crippen LogP contribution in [0.2, 0.25) is 0 Å². The summed E-state index contributed by atoms with van der Waals surface area (Å²) in [5.41, 5.74) is 2.30. The van der Waals surface area contributed by atoms with Gasteiger partial charge in [0.15, 0.2) is 5.96 Å². The molecule has 174 valence electrons. The number of ether oxygens (including phenoxy) is 1. The molecule has 2 unspecified atom stereocenters. The second-order valence-electron chi connectivity index (χ2n) is 9.54. The minimum Gasteiger partial charge on any atom is -0.377 e. The van der Waals surface area contributed by atoms with Crippen molar-refractivity contribution in [1.82, 2.24) is 10.6 Å². The van der Waals surface area contributed by atoms with Gasteiger partial charge in [-0.25, -0.2) is 0 Å². The first-order valence-corrected chi connectivity index (χ1v) is 11.3. The molecule has 7 heteroatoms. The van der Waals surface area contributed by atoms with Crippen LogP contribution < -0.4 is 15.5 Å². The molecule has 1 amide bonds. The Morgan fingerprint density at radius 2 is 1.90 bits per heavy atom. The number of hydrogen-bond acceptors (Lipinski definition) is 3. The van der Waals surface area contributed by atoms with Gasteiger partial charge in [0.1, 0.15) is 0 Å². The van der Waals surface area contributed by atoms with Gasteiger partial charge in [0.25, 0.3) is 0 Å². The number of anilines is 1. The zero-order valence-electron chi connectivity index (χ0n) is 19.4. The second-order valence-corrected chi connectivity index (χ2v) is 9.54. The minimum atomic E-state index is 0. The zero-order valence-corrected chi connectivity index (χ0v) is 21.8. The third-order valence-electron chi connectivity index (χ3n) is 6.09. The second kappa shape index (κ2) is 12.0. The molecule has 0 aromatic heterocycles. The van der Waals surface area contributed by atoms with Gasteiger partial charge in [-0.1, -0.05) is 32.9 Å². The third kappa shape index (κ3) is 7.34. The zero-order chi connectivity index (χ0) is 21.6. The molecule has 3 rings (SSSR count). The largest absolute Gasteiger partial charge is 0.377 e. The Kier molecular flexibility index (Phi) is 10.1. The van der Waals surface area contributed by atoms with E-state index in [1.54, 1.807) is 7.05 Å². The molecule has 0 saturated carbocycles. The average molecular weight is 543 g/mol. The van der Waals surface area contributed by atoms with Crippen LogP contribution in [-0.4, -0.2) is 44.7 Å². The Labute approximate surface area is 204 Å². The van der Waals surface area contributed by atoms with Crippen molar-refractivity contribution in [1.29, 1.82) is 0 Å². The summed E-state index contributed by atoms with van der Waals surface area (Å²) in [6, 6.07) is 8.26. The highest BCUT2D eigenvalue weighted by atomic mass is 127. The number of benzene rings is 1. The first-order chi connectivity index (χ1) is 14.4. The number of nitrogens with zero attached hydrogens (tertiary/aromatic N) is 2. The lowest BCUT2D eigenvalue weighted by Gasteiger charge is -2.40. The first-order valence-electron chi connectivity index (χ1n) is 11.3. The van der Waals surface area contributed by atoms with Crippen LogP contribution in [-0.2, 0) is 16.1 Å². The molecule has 0 bridgehead atoms. The summed E-state index contributed by atoms with van der Waals surface area (Å²) in [4.78, 5) is 18.4. The lowest BCUT2D eigenvalue weighted by Crippen LogP contribution is -2.47. The highest BCUT2D eigenvalue weighted by molar-refractivity contribution is 14.0. The van der Waals surface area contributed by atoms with Gasteiger partial charge in [0.05, 0.1) is 6.10 Å². The number of halogens is 1. The van der Waals surface area contributed by atoms with E-state index in [1.165, 1.54) is 12.0 Å². The van der Waals surface area contributed by atoms with Gasteiger partial charge < -0.3 is 20.3 Å². The van der Waals surface area contributed by atoms with Crippen LogP contribution in [0.1, 0.15) is 58.4 Å². The van der Waals surface area contributed by atoms with E-state index in [9.17, 15) is 4.79 Å². The molecule has 0 radical (unpaired) electrons. The van der Waals surface area contributed by atoms with Gasteiger partial charge in [0.2, 0.25) is 5.91 Å². The molecule has 2 aliphatic rings. The van der Waals surface area contributed by atoms with Crippen LogP contribution in [0.15, 0.2) is 29.3 Å². The standard InChI is InChI=1S/C24H38N4O2.HI/c1-24(2,3)22-19(8-7-15-30-22)17-27-23(25-4)26-16-18-10-12-20(13-11-18)28-14-6-5-9-21(28)29;/h10-13,19,22H,5-9,14-17H2,1-4H3,(H2,25,26,27);1H. The lowest BCUT2D eigenvalue weighted by molar-refractivity contribution is -0.119. The SMILES string of the molecule is CN=C(NCc1ccc(N2CCCCC2=O)cc1)NCC1CCCOC1C(C)(C)C.I. The van der Waals surface area contributed by atoms with Crippen molar-refractivity contribution >= 4 is 41.5 Å². The minimum absolute atomic E-state index is 0. The Bertz CT molecular complexity index is 730. The smallest absolute Gasteiger partial charge is 0.226 e. The number of amides is 1. The predicted octanol–water partition coefficient (Wildman–Crippen LogP) is 4.33. The number of rotatable bonds is 5. The van der Waals surface area contributed by atoms with E-state index < -0.39 is 0 Å². The fourth-order valence-electron chi connectivity index (χ4n) is 4.52. The van der Waals surface area contributed by atoms with Crippen molar-refractivity contribution in [3.63, 3.8) is 0 Å². The Balaban J connectivity index is 0.00000341. The number of guanidine groups is 1. The van der Waals surface area contributed by atoms with Crippen LogP contribution in [0, 0.1) is 11.3 Å². The highest BCUT2D eigenvalue weighted by Crippen LogP contribution is 2.33. The van der Waals surface area contributed by atoms with Crippen molar-refractivity contribution in [2.24, 2.45) is 16.3 Å². The maximum absolute atomic E-state index is 12.1. The van der Waals surface area contributed by atoms with E-state index in [4.69, 9.17) is 4.74 Å². The Hall–Kier alpha value is -1.35. The highest BCUT2D eigenvalue weighted by Gasteiger charge is 2.35. The van der Waals surface area contributed by atoms with E-state index in [1.807, 2.05) is 17.0 Å². The van der Waals surface area contributed by atoms with Crippen LogP contribution in [0.5, 0.6) is 0 Å². The normalized spacial score (nSPS) is 22.6. The Morgan fingerprint density at radius 1 is 1.16 bits per heavy atom. The topological polar surface area (TPSA) is 66.0 Å². The quantitative estimate of drug-likeness (QED) is 0.331. The molecule has 2 saturated heterocycles. The molecule has 1 aromatic rings. The van der Waals surface area contributed by atoms with Gasteiger partial charge in [-0.05, 0) is 48.8 Å². The van der Waals surface area contributed by atoms with E-state index in [0.29, 0.717) is 18.9 Å². The molecule has 2 N–H and O–H groups in total. The molecular weight excluding hydrogens is 503 g/mol. The van der Waals surface area contributed by atoms with Crippen LogP contribution in [0.3, 0.4) is 0 Å². The predicted molar refractivity (Wildman–Crippen MR) is 138 cm³/mol. The summed E-state index contributed by atoms with van der Waals surface area (Å²) in [7, 11) is 1.80. The molecule has 2 heterocycles.